The van der Waals surface area contributed by atoms with Gasteiger partial charge in [-0.1, -0.05) is 25.3 Å². The fourth-order valence-corrected chi connectivity index (χ4v) is 7.69. The van der Waals surface area contributed by atoms with Crippen LogP contribution in [-0.4, -0.2) is 70.3 Å². The van der Waals surface area contributed by atoms with Crippen LogP contribution in [0.5, 0.6) is 5.75 Å². The number of rotatable bonds is 6. The summed E-state index contributed by atoms with van der Waals surface area (Å²) in [6.45, 7) is 3.84. The minimum Gasteiger partial charge on any atom is -0.497 e. The molecule has 1 N–H and O–H groups in total. The molecule has 3 aromatic rings. The van der Waals surface area contributed by atoms with Crippen LogP contribution >= 0.6 is 0 Å². The molecule has 0 radical (unpaired) electrons. The number of hydrogen-bond donors (Lipinski definition) is 1. The van der Waals surface area contributed by atoms with Crippen LogP contribution in [0, 0.1) is 5.92 Å². The van der Waals surface area contributed by atoms with Crippen molar-refractivity contribution in [1.29, 1.82) is 0 Å². The van der Waals surface area contributed by atoms with Gasteiger partial charge in [-0.15, -0.1) is 0 Å². The first-order chi connectivity index (χ1) is 19.0. The quantitative estimate of drug-likeness (QED) is 0.504. The van der Waals surface area contributed by atoms with Gasteiger partial charge in [0.15, 0.2) is 0 Å². The summed E-state index contributed by atoms with van der Waals surface area (Å²) in [5.41, 5.74) is 4.13. The van der Waals surface area contributed by atoms with Crippen LogP contribution in [0.15, 0.2) is 42.6 Å². The number of ether oxygens (including phenoxy) is 1. The molecule has 2 aliphatic heterocycles. The third kappa shape index (κ3) is 4.84. The predicted molar refractivity (Wildman–Crippen MR) is 153 cm³/mol. The third-order valence-corrected chi connectivity index (χ3v) is 9.75. The summed E-state index contributed by atoms with van der Waals surface area (Å²) in [6, 6.07) is 11.6. The van der Waals surface area contributed by atoms with Crippen molar-refractivity contribution in [2.24, 2.45) is 13.0 Å². The molecule has 3 aliphatic rings. The Bertz CT molecular complexity index is 1310. The Hall–Kier alpha value is -2.90. The molecule has 0 unspecified atom stereocenters. The molecule has 7 heteroatoms. The Kier molecular flexibility index (Phi) is 7.38. The van der Waals surface area contributed by atoms with Gasteiger partial charge in [0.05, 0.1) is 31.7 Å². The highest BCUT2D eigenvalue weighted by Crippen LogP contribution is 2.50. The monoisotopic (exact) mass is 530 g/mol. The number of piperidine rings is 1. The predicted octanol–water partition coefficient (Wildman–Crippen LogP) is 4.61. The van der Waals surface area contributed by atoms with E-state index in [-0.39, 0.29) is 30.4 Å². The van der Waals surface area contributed by atoms with Crippen LogP contribution in [0.25, 0.3) is 10.9 Å². The fraction of sp³-hybridized carbons (Fsp3) is 0.562. The van der Waals surface area contributed by atoms with Gasteiger partial charge in [-0.05, 0) is 74.5 Å². The number of hydrogen-bond acceptors (Lipinski definition) is 5. The van der Waals surface area contributed by atoms with Crippen molar-refractivity contribution >= 4 is 16.8 Å². The minimum atomic E-state index is -0.384. The molecule has 4 heterocycles. The molecule has 1 saturated heterocycles. The van der Waals surface area contributed by atoms with Gasteiger partial charge in [0.2, 0.25) is 5.91 Å². The summed E-state index contributed by atoms with van der Waals surface area (Å²) < 4.78 is 7.77. The van der Waals surface area contributed by atoms with E-state index < -0.39 is 0 Å². The zero-order valence-corrected chi connectivity index (χ0v) is 23.4. The number of likely N-dealkylation sites (tertiary alicyclic amines) is 1. The van der Waals surface area contributed by atoms with E-state index in [9.17, 15) is 9.90 Å². The number of carbonyl (C=O) groups excluding carboxylic acids is 1. The van der Waals surface area contributed by atoms with Crippen LogP contribution in [0.3, 0.4) is 0 Å². The van der Waals surface area contributed by atoms with Crippen LogP contribution in [0.2, 0.25) is 0 Å². The minimum absolute atomic E-state index is 0.0326. The maximum atomic E-state index is 13.9. The molecule has 1 aliphatic carbocycles. The number of aromatic nitrogens is 2. The van der Waals surface area contributed by atoms with Crippen LogP contribution < -0.4 is 4.74 Å². The van der Waals surface area contributed by atoms with Crippen molar-refractivity contribution in [2.45, 2.75) is 62.8 Å². The number of amides is 1. The van der Waals surface area contributed by atoms with Crippen molar-refractivity contribution in [3.8, 4) is 5.75 Å². The summed E-state index contributed by atoms with van der Waals surface area (Å²) in [4.78, 5) is 22.9. The molecule has 1 saturated carbocycles. The van der Waals surface area contributed by atoms with Crippen molar-refractivity contribution in [2.75, 3.05) is 39.9 Å². The Labute approximate surface area is 231 Å². The van der Waals surface area contributed by atoms with Gasteiger partial charge in [0.25, 0.3) is 0 Å². The van der Waals surface area contributed by atoms with Crippen molar-refractivity contribution in [3.63, 3.8) is 0 Å². The lowest BCUT2D eigenvalue weighted by Crippen LogP contribution is -2.56. The maximum absolute atomic E-state index is 13.9. The third-order valence-electron chi connectivity index (χ3n) is 9.75. The first-order valence-electron chi connectivity index (χ1n) is 14.7. The topological polar surface area (TPSA) is 70.8 Å². The summed E-state index contributed by atoms with van der Waals surface area (Å²) in [7, 11) is 3.77. The number of aliphatic hydroxyl groups excluding tert-OH is 1. The molecule has 1 aromatic carbocycles. The standard InChI is InChI=1S/C32H42N4O3/c1-34-27-19-25(39-2)11-12-26(27)30-31(34)28(21-37)36(29(38)18-24-10-6-7-15-33-24)22-32(30)13-16-35(17-14-32)20-23-8-4-3-5-9-23/h6-7,10-12,15,19,23,28,37H,3-5,8-9,13-14,16-18,20-22H2,1-2H3/t28-/m0/s1. The van der Waals surface area contributed by atoms with Gasteiger partial charge in [0.1, 0.15) is 5.75 Å². The Morgan fingerprint density at radius 2 is 1.92 bits per heavy atom. The Balaban J connectivity index is 1.37. The molecule has 2 fully saturated rings. The second kappa shape index (κ2) is 10.9. The zero-order valence-electron chi connectivity index (χ0n) is 23.4. The number of nitrogens with zero attached hydrogens (tertiary/aromatic N) is 4. The number of aliphatic hydroxyl groups is 1. The van der Waals surface area contributed by atoms with Gasteiger partial charge in [-0.25, -0.2) is 0 Å². The van der Waals surface area contributed by atoms with E-state index >= 15 is 0 Å². The number of benzene rings is 1. The first-order valence-corrected chi connectivity index (χ1v) is 14.7. The molecular weight excluding hydrogens is 488 g/mol. The lowest BCUT2D eigenvalue weighted by atomic mass is 9.68. The number of carbonyl (C=O) groups is 1. The Morgan fingerprint density at radius 3 is 2.62 bits per heavy atom. The first kappa shape index (κ1) is 26.3. The van der Waals surface area contributed by atoms with E-state index in [1.165, 1.54) is 49.6 Å². The lowest BCUT2D eigenvalue weighted by Gasteiger charge is -2.51. The van der Waals surface area contributed by atoms with Gasteiger partial charge >= 0.3 is 0 Å². The molecule has 1 atom stereocenters. The Morgan fingerprint density at radius 1 is 1.13 bits per heavy atom. The largest absolute Gasteiger partial charge is 0.497 e. The zero-order chi connectivity index (χ0) is 27.0. The molecule has 0 bridgehead atoms. The van der Waals surface area contributed by atoms with E-state index in [2.05, 4.69) is 33.6 Å². The molecule has 1 amide bonds. The van der Waals surface area contributed by atoms with Crippen molar-refractivity contribution in [3.05, 3.63) is 59.5 Å². The average molecular weight is 531 g/mol. The van der Waals surface area contributed by atoms with Gasteiger partial charge in [0, 0.05) is 54.6 Å². The summed E-state index contributed by atoms with van der Waals surface area (Å²) in [5, 5.41) is 12.0. The van der Waals surface area contributed by atoms with Crippen LogP contribution in [0.1, 0.15) is 67.9 Å². The number of pyridine rings is 1. The molecular formula is C32H42N4O3. The highest BCUT2D eigenvalue weighted by atomic mass is 16.5. The number of methoxy groups -OCH3 is 1. The lowest BCUT2D eigenvalue weighted by molar-refractivity contribution is -0.136. The van der Waals surface area contributed by atoms with Gasteiger partial charge in [-0.3, -0.25) is 9.78 Å². The second-order valence-electron chi connectivity index (χ2n) is 12.0. The summed E-state index contributed by atoms with van der Waals surface area (Å²) in [6.07, 6.45) is 10.9. The molecule has 1 spiro atoms. The fourth-order valence-electron chi connectivity index (χ4n) is 7.69. The van der Waals surface area contributed by atoms with Gasteiger partial charge < -0.3 is 24.2 Å². The summed E-state index contributed by atoms with van der Waals surface area (Å²) >= 11 is 0. The molecule has 6 rings (SSSR count). The average Bonchev–Trinajstić information content (AvgIpc) is 3.27. The second-order valence-corrected chi connectivity index (χ2v) is 12.0. The molecule has 7 nitrogen and oxygen atoms in total. The normalized spacial score (nSPS) is 21.8. The van der Waals surface area contributed by atoms with E-state index in [1.807, 2.05) is 29.2 Å². The van der Waals surface area contributed by atoms with Crippen molar-refractivity contribution < 1.29 is 14.6 Å². The van der Waals surface area contributed by atoms with Crippen LogP contribution in [-0.2, 0) is 23.7 Å². The van der Waals surface area contributed by atoms with E-state index in [0.717, 1.165) is 54.5 Å². The van der Waals surface area contributed by atoms with Crippen LogP contribution in [0.4, 0.5) is 0 Å². The number of aryl methyl sites for hydroxylation is 1. The van der Waals surface area contributed by atoms with E-state index in [4.69, 9.17) is 4.74 Å². The highest BCUT2D eigenvalue weighted by molar-refractivity contribution is 5.90. The molecule has 39 heavy (non-hydrogen) atoms. The van der Waals surface area contributed by atoms with Gasteiger partial charge in [-0.2, -0.15) is 0 Å². The maximum Gasteiger partial charge on any atom is 0.229 e. The summed E-state index contributed by atoms with van der Waals surface area (Å²) in [5.74, 6) is 1.68. The molecule has 208 valence electrons. The van der Waals surface area contributed by atoms with E-state index in [1.54, 1.807) is 13.3 Å². The number of fused-ring (bicyclic) bond motifs is 4. The smallest absolute Gasteiger partial charge is 0.229 e. The van der Waals surface area contributed by atoms with Crippen molar-refractivity contribution in [1.82, 2.24) is 19.4 Å². The highest BCUT2D eigenvalue weighted by Gasteiger charge is 2.49. The van der Waals surface area contributed by atoms with E-state index in [0.29, 0.717) is 6.54 Å². The molecule has 2 aromatic heterocycles. The SMILES string of the molecule is COc1ccc2c3c(n(C)c2c1)[C@H](CO)N(C(=O)Cc1ccccn1)CC31CCN(CC2CCCCC2)CC1.